The minimum absolute atomic E-state index is 0.551. The number of imidazole rings is 1. The molecule has 0 aliphatic heterocycles. The molecule has 1 aromatic rings. The van der Waals surface area contributed by atoms with Crippen molar-refractivity contribution in [2.75, 3.05) is 6.54 Å². The van der Waals surface area contributed by atoms with Gasteiger partial charge in [0.25, 0.3) is 0 Å². The van der Waals surface area contributed by atoms with E-state index in [0.717, 1.165) is 18.9 Å². The predicted octanol–water partition coefficient (Wildman–Crippen LogP) is 1.96. The molecule has 0 radical (unpaired) electrons. The standard InChI is InChI=1S/C10H16ClN3/c1-10(3-4-10)7-12-6-9-13-5-8(11)14(9)2/h5,12H,3-4,6-7H2,1-2H3. The second kappa shape index (κ2) is 3.55. The topological polar surface area (TPSA) is 29.9 Å². The van der Waals surface area contributed by atoms with Crippen molar-refractivity contribution in [2.45, 2.75) is 26.3 Å². The van der Waals surface area contributed by atoms with Crippen molar-refractivity contribution in [1.82, 2.24) is 14.9 Å². The van der Waals surface area contributed by atoms with Crippen molar-refractivity contribution >= 4 is 11.6 Å². The maximum atomic E-state index is 5.88. The highest BCUT2D eigenvalue weighted by Gasteiger charge is 2.36. The molecule has 1 aliphatic rings. The first-order valence-corrected chi connectivity index (χ1v) is 5.35. The van der Waals surface area contributed by atoms with Crippen molar-refractivity contribution in [3.05, 3.63) is 17.2 Å². The lowest BCUT2D eigenvalue weighted by molar-refractivity contribution is 0.489. The number of nitrogens with zero attached hydrogens (tertiary/aromatic N) is 2. The summed E-state index contributed by atoms with van der Waals surface area (Å²) in [4.78, 5) is 4.22. The third-order valence-corrected chi connectivity index (χ3v) is 3.32. The van der Waals surface area contributed by atoms with Gasteiger partial charge in [-0.25, -0.2) is 4.98 Å². The van der Waals surface area contributed by atoms with Crippen LogP contribution in [0.5, 0.6) is 0 Å². The van der Waals surface area contributed by atoms with E-state index in [1.165, 1.54) is 12.8 Å². The fourth-order valence-electron chi connectivity index (χ4n) is 1.45. The first kappa shape index (κ1) is 9.99. The normalized spacial score (nSPS) is 18.5. The minimum Gasteiger partial charge on any atom is -0.321 e. The molecule has 0 saturated heterocycles. The molecule has 2 rings (SSSR count). The molecule has 1 saturated carbocycles. The summed E-state index contributed by atoms with van der Waals surface area (Å²) >= 11 is 5.88. The van der Waals surface area contributed by atoms with Crippen LogP contribution in [0.25, 0.3) is 0 Å². The van der Waals surface area contributed by atoms with Crippen LogP contribution in [0.4, 0.5) is 0 Å². The maximum absolute atomic E-state index is 5.88. The Morgan fingerprint density at radius 3 is 2.86 bits per heavy atom. The van der Waals surface area contributed by atoms with Crippen LogP contribution < -0.4 is 5.32 Å². The van der Waals surface area contributed by atoms with Crippen molar-refractivity contribution < 1.29 is 0 Å². The Morgan fingerprint density at radius 2 is 2.36 bits per heavy atom. The molecular weight excluding hydrogens is 198 g/mol. The zero-order chi connectivity index (χ0) is 10.2. The Bertz CT molecular complexity index is 328. The van der Waals surface area contributed by atoms with Gasteiger partial charge in [-0.1, -0.05) is 18.5 Å². The molecule has 1 fully saturated rings. The molecule has 1 heterocycles. The van der Waals surface area contributed by atoms with E-state index in [-0.39, 0.29) is 0 Å². The van der Waals surface area contributed by atoms with Crippen molar-refractivity contribution in [3.8, 4) is 0 Å². The lowest BCUT2D eigenvalue weighted by atomic mass is 10.1. The molecule has 4 heteroatoms. The summed E-state index contributed by atoms with van der Waals surface area (Å²) in [6.45, 7) is 4.20. The van der Waals surface area contributed by atoms with Gasteiger partial charge in [-0.2, -0.15) is 0 Å². The summed E-state index contributed by atoms with van der Waals surface area (Å²) in [5.74, 6) is 0.999. The maximum Gasteiger partial charge on any atom is 0.128 e. The van der Waals surface area contributed by atoms with Gasteiger partial charge >= 0.3 is 0 Å². The van der Waals surface area contributed by atoms with E-state index in [1.54, 1.807) is 6.20 Å². The third kappa shape index (κ3) is 2.10. The number of hydrogen-bond acceptors (Lipinski definition) is 2. The van der Waals surface area contributed by atoms with E-state index in [1.807, 2.05) is 11.6 Å². The molecule has 0 spiro atoms. The highest BCUT2D eigenvalue weighted by Crippen LogP contribution is 2.44. The first-order valence-electron chi connectivity index (χ1n) is 4.98. The molecule has 0 unspecified atom stereocenters. The average Bonchev–Trinajstić information content (AvgIpc) is 2.80. The Hall–Kier alpha value is -0.540. The lowest BCUT2D eigenvalue weighted by Crippen LogP contribution is -2.23. The Labute approximate surface area is 89.5 Å². The monoisotopic (exact) mass is 213 g/mol. The highest BCUT2D eigenvalue weighted by atomic mass is 35.5. The Kier molecular flexibility index (Phi) is 2.54. The van der Waals surface area contributed by atoms with Crippen LogP contribution in [-0.4, -0.2) is 16.1 Å². The van der Waals surface area contributed by atoms with Crippen LogP contribution in [0.3, 0.4) is 0 Å². The van der Waals surface area contributed by atoms with Gasteiger partial charge in [0.2, 0.25) is 0 Å². The molecule has 14 heavy (non-hydrogen) atoms. The number of hydrogen-bond donors (Lipinski definition) is 1. The van der Waals surface area contributed by atoms with E-state index >= 15 is 0 Å². The lowest BCUT2D eigenvalue weighted by Gasteiger charge is -2.09. The summed E-state index contributed by atoms with van der Waals surface area (Å²) in [5, 5.41) is 4.11. The summed E-state index contributed by atoms with van der Waals surface area (Å²) in [6.07, 6.45) is 4.39. The van der Waals surface area contributed by atoms with Gasteiger partial charge in [-0.3, -0.25) is 0 Å². The second-order valence-corrected chi connectivity index (χ2v) is 4.86. The number of nitrogens with one attached hydrogen (secondary N) is 1. The minimum atomic E-state index is 0.551. The zero-order valence-electron chi connectivity index (χ0n) is 8.68. The van der Waals surface area contributed by atoms with Gasteiger partial charge < -0.3 is 9.88 Å². The van der Waals surface area contributed by atoms with Crippen LogP contribution in [0, 0.1) is 5.41 Å². The van der Waals surface area contributed by atoms with E-state index in [4.69, 9.17) is 11.6 Å². The van der Waals surface area contributed by atoms with E-state index in [2.05, 4.69) is 17.2 Å². The van der Waals surface area contributed by atoms with Gasteiger partial charge in [0.1, 0.15) is 11.0 Å². The number of halogens is 1. The van der Waals surface area contributed by atoms with E-state index in [9.17, 15) is 0 Å². The molecule has 0 amide bonds. The summed E-state index contributed by atoms with van der Waals surface area (Å²) in [5.41, 5.74) is 0.551. The largest absolute Gasteiger partial charge is 0.321 e. The second-order valence-electron chi connectivity index (χ2n) is 4.47. The third-order valence-electron chi connectivity index (χ3n) is 2.97. The van der Waals surface area contributed by atoms with Crippen molar-refractivity contribution in [1.29, 1.82) is 0 Å². The number of rotatable bonds is 4. The Morgan fingerprint density at radius 1 is 1.64 bits per heavy atom. The summed E-state index contributed by atoms with van der Waals surface area (Å²) in [7, 11) is 1.94. The van der Waals surface area contributed by atoms with Crippen LogP contribution in [0.2, 0.25) is 5.15 Å². The smallest absolute Gasteiger partial charge is 0.128 e. The summed E-state index contributed by atoms with van der Waals surface area (Å²) in [6, 6.07) is 0. The van der Waals surface area contributed by atoms with Crippen molar-refractivity contribution in [2.24, 2.45) is 12.5 Å². The van der Waals surface area contributed by atoms with Gasteiger partial charge in [-0.05, 0) is 18.3 Å². The fourth-order valence-corrected chi connectivity index (χ4v) is 1.60. The summed E-state index contributed by atoms with van der Waals surface area (Å²) < 4.78 is 1.91. The Balaban J connectivity index is 1.83. The number of aromatic nitrogens is 2. The molecule has 3 nitrogen and oxygen atoms in total. The fraction of sp³-hybridized carbons (Fsp3) is 0.700. The quantitative estimate of drug-likeness (QED) is 0.829. The van der Waals surface area contributed by atoms with Crippen LogP contribution in [-0.2, 0) is 13.6 Å². The highest BCUT2D eigenvalue weighted by molar-refractivity contribution is 6.29. The molecule has 0 bridgehead atoms. The SMILES string of the molecule is Cn1c(Cl)cnc1CNCC1(C)CC1. The average molecular weight is 214 g/mol. The van der Waals surface area contributed by atoms with Gasteiger partial charge in [0.05, 0.1) is 12.7 Å². The van der Waals surface area contributed by atoms with Gasteiger partial charge in [0, 0.05) is 13.6 Å². The molecule has 1 aromatic heterocycles. The van der Waals surface area contributed by atoms with Gasteiger partial charge in [0.15, 0.2) is 0 Å². The molecule has 78 valence electrons. The van der Waals surface area contributed by atoms with Crippen molar-refractivity contribution in [3.63, 3.8) is 0 Å². The van der Waals surface area contributed by atoms with Crippen LogP contribution >= 0.6 is 11.6 Å². The van der Waals surface area contributed by atoms with E-state index in [0.29, 0.717) is 10.6 Å². The van der Waals surface area contributed by atoms with Crippen LogP contribution in [0.1, 0.15) is 25.6 Å². The molecule has 1 aliphatic carbocycles. The first-order chi connectivity index (χ1) is 6.61. The molecular formula is C10H16ClN3. The predicted molar refractivity (Wildman–Crippen MR) is 57.3 cm³/mol. The molecule has 1 N–H and O–H groups in total. The molecule has 0 atom stereocenters. The molecule has 0 aromatic carbocycles. The zero-order valence-corrected chi connectivity index (χ0v) is 9.43. The van der Waals surface area contributed by atoms with Gasteiger partial charge in [-0.15, -0.1) is 0 Å². The van der Waals surface area contributed by atoms with Crippen LogP contribution in [0.15, 0.2) is 6.20 Å². The van der Waals surface area contributed by atoms with E-state index < -0.39 is 0 Å².